The number of hydrogen-bond acceptors (Lipinski definition) is 7. The zero-order valence-corrected chi connectivity index (χ0v) is 75.5. The molecule has 7 heteroatoms. The molecule has 0 N–H and O–H groups in total. The number of rotatable bonds is 0. The van der Waals surface area contributed by atoms with Crippen LogP contribution in [-0.2, 0) is 5.41 Å². The van der Waals surface area contributed by atoms with Gasteiger partial charge in [-0.15, -0.1) is 34.0 Å². The molecule has 0 unspecified atom stereocenters. The van der Waals surface area contributed by atoms with Crippen molar-refractivity contribution in [2.24, 2.45) is 0 Å². The Morgan fingerprint density at radius 3 is 1.11 bits per heavy atom. The lowest BCUT2D eigenvalue weighted by Gasteiger charge is -2.22. The fourth-order valence-corrected chi connectivity index (χ4v) is 21.5. The van der Waals surface area contributed by atoms with E-state index >= 15 is 0 Å². The van der Waals surface area contributed by atoms with Crippen LogP contribution in [0.1, 0.15) is 114 Å². The van der Waals surface area contributed by atoms with Crippen molar-refractivity contribution in [3.63, 3.8) is 0 Å². The number of benzene rings is 16. The first-order valence-electron chi connectivity index (χ1n) is 42.2. The Bertz CT molecular complexity index is 7730. The Labute approximate surface area is 726 Å². The maximum atomic E-state index is 5.86. The van der Waals surface area contributed by atoms with Crippen LogP contribution >= 0.6 is 34.0 Å². The minimum absolute atomic E-state index is 0.142. The summed E-state index contributed by atoms with van der Waals surface area (Å²) in [5, 5.41) is 18.3. The fourth-order valence-electron chi connectivity index (χ4n) is 17.7. The van der Waals surface area contributed by atoms with Crippen molar-refractivity contribution in [3.8, 4) is 11.1 Å². The highest BCUT2D eigenvalue weighted by atomic mass is 32.1. The summed E-state index contributed by atoms with van der Waals surface area (Å²) in [5.74, 6) is 0. The molecule has 0 saturated heterocycles. The quantitative estimate of drug-likeness (QED) is 0.152. The van der Waals surface area contributed by atoms with Gasteiger partial charge in [-0.2, -0.15) is 0 Å². The SMILES string of the molecule is Cc1ccc(C)c2c1sc1ccccc12.Cc1ccc2c(c1)C(C)(C)c1cc(C)ccc1-2.Cc1ccc2c(c1)oc1c(C)cccc12.Cc1ccc2c(c1)oc1cc(C)ccc12.Cc1ccc2c(c1)oc1cccc(C)c12.Cc1ccc2oc3cccc(C)c3c2c1.Cc1cccc2c1sc1cccc(C)c12.Cc1cccc2sc3cccc(C)c3c12. The third-order valence-electron chi connectivity index (χ3n) is 24.1. The Kier molecular flexibility index (Phi) is 22.6. The second-order valence-electron chi connectivity index (χ2n) is 34.0. The molecule has 7 aromatic heterocycles. The second kappa shape index (κ2) is 33.8. The number of fused-ring (bicyclic) bond motifs is 24. The van der Waals surface area contributed by atoms with Gasteiger partial charge < -0.3 is 17.7 Å². The van der Waals surface area contributed by atoms with E-state index in [0.717, 1.165) is 44.7 Å². The molecule has 0 amide bonds. The molecule has 23 aromatic rings. The molecule has 0 bridgehead atoms. The summed E-state index contributed by atoms with van der Waals surface area (Å²) in [6.07, 6.45) is 0. The lowest BCUT2D eigenvalue weighted by atomic mass is 9.81. The molecule has 7 heterocycles. The monoisotopic (exact) mass is 1640 g/mol. The highest BCUT2D eigenvalue weighted by Gasteiger charge is 2.35. The highest BCUT2D eigenvalue weighted by Crippen LogP contribution is 2.50. The minimum atomic E-state index is 0.142. The molecule has 0 aliphatic heterocycles. The maximum absolute atomic E-state index is 5.86. The van der Waals surface area contributed by atoms with Gasteiger partial charge in [-0.1, -0.05) is 249 Å². The number of aryl methyl sites for hydroxylation is 16. The molecule has 0 spiro atoms. The van der Waals surface area contributed by atoms with E-state index in [9.17, 15) is 0 Å². The minimum Gasteiger partial charge on any atom is -0.456 e. The van der Waals surface area contributed by atoms with E-state index < -0.39 is 0 Å². The molecule has 122 heavy (non-hydrogen) atoms. The Morgan fingerprint density at radius 1 is 0.197 bits per heavy atom. The molecule has 24 rings (SSSR count). The van der Waals surface area contributed by atoms with Gasteiger partial charge in [0.05, 0.1) is 0 Å². The summed E-state index contributed by atoms with van der Waals surface area (Å²) in [6, 6.07) is 103. The number of thiophene rings is 3. The summed E-state index contributed by atoms with van der Waals surface area (Å²) < 4.78 is 31.8. The first-order valence-corrected chi connectivity index (χ1v) is 44.7. The van der Waals surface area contributed by atoms with Crippen LogP contribution in [0.25, 0.3) is 159 Å². The van der Waals surface area contributed by atoms with Crippen LogP contribution < -0.4 is 0 Å². The van der Waals surface area contributed by atoms with Crippen LogP contribution in [0.5, 0.6) is 0 Å². The molecule has 0 atom stereocenters. The predicted molar refractivity (Wildman–Crippen MR) is 533 cm³/mol. The lowest BCUT2D eigenvalue weighted by Crippen LogP contribution is -2.15. The Morgan fingerprint density at radius 2 is 0.549 bits per heavy atom. The molecule has 0 radical (unpaired) electrons. The van der Waals surface area contributed by atoms with Gasteiger partial charge in [-0.25, -0.2) is 0 Å². The Hall–Kier alpha value is -12.6. The van der Waals surface area contributed by atoms with E-state index in [1.807, 2.05) is 64.3 Å². The average Bonchev–Trinajstić information content (AvgIpc) is 1.58. The third-order valence-corrected chi connectivity index (χ3v) is 27.9. The zero-order valence-electron chi connectivity index (χ0n) is 73.1. The van der Waals surface area contributed by atoms with E-state index in [4.69, 9.17) is 17.7 Å². The van der Waals surface area contributed by atoms with E-state index in [2.05, 4.69) is 385 Å². The summed E-state index contributed by atoms with van der Waals surface area (Å²) >= 11 is 5.69. The smallest absolute Gasteiger partial charge is 0.138 e. The fraction of sp³-hybridized carbons (Fsp3) is 0.165. The van der Waals surface area contributed by atoms with Crippen molar-refractivity contribution in [1.29, 1.82) is 0 Å². The topological polar surface area (TPSA) is 52.6 Å². The first-order chi connectivity index (χ1) is 58.8. The predicted octanol–water partition coefficient (Wildman–Crippen LogP) is 35.4. The molecular formula is C115H102O4S3. The van der Waals surface area contributed by atoms with Crippen LogP contribution in [-0.4, -0.2) is 0 Å². The Balaban J connectivity index is 0.0000000991. The van der Waals surface area contributed by atoms with Crippen molar-refractivity contribution in [2.45, 2.75) is 130 Å². The molecule has 0 saturated carbocycles. The van der Waals surface area contributed by atoms with Crippen LogP contribution in [0.2, 0.25) is 0 Å². The van der Waals surface area contributed by atoms with Crippen molar-refractivity contribution in [2.75, 3.05) is 0 Å². The van der Waals surface area contributed by atoms with Crippen molar-refractivity contribution < 1.29 is 17.7 Å². The van der Waals surface area contributed by atoms with E-state index in [-0.39, 0.29) is 5.41 Å². The van der Waals surface area contributed by atoms with E-state index in [1.54, 1.807) is 0 Å². The summed E-state index contributed by atoms with van der Waals surface area (Å²) in [6.45, 7) is 38.9. The average molecular weight is 1640 g/mol. The first kappa shape index (κ1) is 81.7. The summed E-state index contributed by atoms with van der Waals surface area (Å²) in [7, 11) is 0. The summed E-state index contributed by atoms with van der Waals surface area (Å²) in [5.41, 5.74) is 34.7. The van der Waals surface area contributed by atoms with Gasteiger partial charge in [0.1, 0.15) is 44.7 Å². The highest BCUT2D eigenvalue weighted by molar-refractivity contribution is 7.26. The molecule has 0 fully saturated rings. The van der Waals surface area contributed by atoms with Gasteiger partial charge >= 0.3 is 0 Å². The van der Waals surface area contributed by atoms with Crippen molar-refractivity contribution >= 4 is 182 Å². The van der Waals surface area contributed by atoms with Gasteiger partial charge in [-0.3, -0.25) is 0 Å². The van der Waals surface area contributed by atoms with E-state index in [0.29, 0.717) is 0 Å². The maximum Gasteiger partial charge on any atom is 0.138 e. The molecular weight excluding hydrogens is 1540 g/mol. The molecule has 16 aromatic carbocycles. The zero-order chi connectivity index (χ0) is 85.1. The number of hydrogen-bond donors (Lipinski definition) is 0. The van der Waals surface area contributed by atoms with Crippen molar-refractivity contribution in [1.82, 2.24) is 0 Å². The van der Waals surface area contributed by atoms with Gasteiger partial charge in [-0.05, 0) is 278 Å². The van der Waals surface area contributed by atoms with Crippen molar-refractivity contribution in [3.05, 3.63) is 391 Å². The molecule has 1 aliphatic carbocycles. The largest absolute Gasteiger partial charge is 0.456 e. The number of para-hydroxylation sites is 1. The van der Waals surface area contributed by atoms with E-state index in [1.165, 1.54) is 215 Å². The molecule has 1 aliphatic rings. The standard InChI is InChI=1S/C17H18.4C14H12O.3C14H12S/c1-11-5-7-13-14-8-6-12(2)10-16(14)17(3,4)15(13)9-11;1-9-3-5-11-12-6-4-10(2)8-14(12)15-13(11)7-9;1-9-6-7-12-11(8-9)14-10(2)4-3-5-13(14)15-12;1-9-6-7-11-13(8-9)15-12-5-3-4-10(2)14(11)12;1-9-6-7-11-12-5-3-4-10(2)14(12)15-13(11)8-9;1-9-5-4-8-12-13(9)11-7-3-6-10(2)14(11)15-12;1-9-5-3-7-11-13(9)14-10(2)6-4-8-12(14)15-11;1-9-7-8-10(2)14-13(9)11-5-3-4-6-12(11)15-14/h5-10H,1-4H3;7*3-8H,1-2H3. The van der Waals surface area contributed by atoms with Crippen LogP contribution in [0, 0.1) is 111 Å². The van der Waals surface area contributed by atoms with Gasteiger partial charge in [0, 0.05) is 109 Å². The normalized spacial score (nSPS) is 11.9. The van der Waals surface area contributed by atoms with Crippen LogP contribution in [0.15, 0.2) is 309 Å². The van der Waals surface area contributed by atoms with Gasteiger partial charge in [0.25, 0.3) is 0 Å². The lowest BCUT2D eigenvalue weighted by molar-refractivity contribution is 0.659. The molecule has 604 valence electrons. The number of furan rings is 4. The second-order valence-corrected chi connectivity index (χ2v) is 37.2. The third kappa shape index (κ3) is 15.9. The molecule has 4 nitrogen and oxygen atoms in total. The van der Waals surface area contributed by atoms with Gasteiger partial charge in [0.2, 0.25) is 0 Å². The van der Waals surface area contributed by atoms with Gasteiger partial charge in [0.15, 0.2) is 0 Å². The summed E-state index contributed by atoms with van der Waals surface area (Å²) in [4.78, 5) is 0. The van der Waals surface area contributed by atoms with Crippen LogP contribution in [0.3, 0.4) is 0 Å². The van der Waals surface area contributed by atoms with Crippen LogP contribution in [0.4, 0.5) is 0 Å².